The van der Waals surface area contributed by atoms with Crippen molar-refractivity contribution in [2.75, 3.05) is 6.54 Å². The van der Waals surface area contributed by atoms with Gasteiger partial charge in [-0.15, -0.1) is 0 Å². The highest BCUT2D eigenvalue weighted by molar-refractivity contribution is 5.35. The van der Waals surface area contributed by atoms with E-state index in [1.807, 2.05) is 30.3 Å². The van der Waals surface area contributed by atoms with E-state index in [2.05, 4.69) is 22.5 Å². The highest BCUT2D eigenvalue weighted by Crippen LogP contribution is 2.20. The van der Waals surface area contributed by atoms with Crippen LogP contribution >= 0.6 is 0 Å². The Bertz CT molecular complexity index is 597. The van der Waals surface area contributed by atoms with E-state index in [-0.39, 0.29) is 11.0 Å². The molecule has 1 N–H and O–H groups in total. The van der Waals surface area contributed by atoms with Crippen LogP contribution in [0.4, 0.5) is 5.69 Å². The van der Waals surface area contributed by atoms with Gasteiger partial charge in [0.2, 0.25) is 0 Å². The maximum Gasteiger partial charge on any atom is 0.313 e. The van der Waals surface area contributed by atoms with Crippen molar-refractivity contribution in [3.8, 4) is 0 Å². The van der Waals surface area contributed by atoms with Crippen LogP contribution in [0.5, 0.6) is 0 Å². The van der Waals surface area contributed by atoms with Crippen LogP contribution in [-0.2, 0) is 0 Å². The average molecular weight is 328 g/mol. The lowest BCUT2D eigenvalue weighted by molar-refractivity contribution is -0.548. The average Bonchev–Trinajstić information content (AvgIpc) is 2.61. The van der Waals surface area contributed by atoms with Crippen molar-refractivity contribution in [1.82, 2.24) is 5.32 Å². The van der Waals surface area contributed by atoms with Gasteiger partial charge in [0.1, 0.15) is 6.04 Å². The Hall–Kier alpha value is -2.34. The first-order chi connectivity index (χ1) is 11.7. The first-order valence-corrected chi connectivity index (χ1v) is 8.40. The van der Waals surface area contributed by atoms with Gasteiger partial charge in [0.05, 0.1) is 10.6 Å². The van der Waals surface area contributed by atoms with Crippen LogP contribution in [0.3, 0.4) is 0 Å². The van der Waals surface area contributed by atoms with Gasteiger partial charge in [-0.2, -0.15) is 10.2 Å². The Kier molecular flexibility index (Phi) is 6.81. The topological polar surface area (TPSA) is 79.9 Å². The molecule has 24 heavy (non-hydrogen) atoms. The van der Waals surface area contributed by atoms with Gasteiger partial charge in [0.15, 0.2) is 0 Å². The van der Waals surface area contributed by atoms with Crippen molar-refractivity contribution in [3.05, 3.63) is 64.8 Å². The summed E-state index contributed by atoms with van der Waals surface area (Å²) < 4.78 is 0. The molecule has 0 unspecified atom stereocenters. The molecule has 6 nitrogen and oxygen atoms in total. The van der Waals surface area contributed by atoms with Crippen molar-refractivity contribution in [1.29, 1.82) is 0 Å². The number of azo groups is 1. The first kappa shape index (κ1) is 18.0. The minimum Gasteiger partial charge on any atom is -0.262 e. The van der Waals surface area contributed by atoms with Crippen LogP contribution in [0.1, 0.15) is 32.6 Å². The van der Waals surface area contributed by atoms with E-state index < -0.39 is 5.66 Å². The van der Waals surface area contributed by atoms with Gasteiger partial charge in [-0.05, 0) is 30.7 Å². The second kappa shape index (κ2) is 9.08. The van der Waals surface area contributed by atoms with E-state index in [1.165, 1.54) is 0 Å². The number of unbranched alkanes of at least 4 members (excludes halogenated alkanes) is 3. The number of nitro groups is 1. The molecule has 1 aliphatic carbocycles. The molecular weight excluding hydrogens is 304 g/mol. The van der Waals surface area contributed by atoms with Crippen LogP contribution < -0.4 is 5.32 Å². The van der Waals surface area contributed by atoms with Gasteiger partial charge in [0.25, 0.3) is 0 Å². The molecule has 6 heteroatoms. The summed E-state index contributed by atoms with van der Waals surface area (Å²) in [7, 11) is 0. The van der Waals surface area contributed by atoms with Crippen molar-refractivity contribution in [3.63, 3.8) is 0 Å². The van der Waals surface area contributed by atoms with Crippen LogP contribution in [0.25, 0.3) is 0 Å². The minimum absolute atomic E-state index is 0.278. The first-order valence-electron chi connectivity index (χ1n) is 8.40. The third-order valence-electron chi connectivity index (χ3n) is 3.90. The molecule has 0 amide bonds. The molecule has 0 saturated carbocycles. The van der Waals surface area contributed by atoms with Gasteiger partial charge in [-0.1, -0.05) is 44.4 Å². The molecule has 0 atom stereocenters. The number of hydrogen-bond donors (Lipinski definition) is 1. The maximum atomic E-state index is 11.5. The van der Waals surface area contributed by atoms with Crippen LogP contribution in [0.15, 0.2) is 64.9 Å². The minimum atomic E-state index is -1.33. The lowest BCUT2D eigenvalue weighted by atomic mass is 10.0. The molecule has 0 saturated heterocycles. The quantitative estimate of drug-likeness (QED) is 0.182. The summed E-state index contributed by atoms with van der Waals surface area (Å²) in [6.07, 6.45) is 10.9. The Morgan fingerprint density at radius 1 is 1.17 bits per heavy atom. The van der Waals surface area contributed by atoms with E-state index >= 15 is 0 Å². The summed E-state index contributed by atoms with van der Waals surface area (Å²) in [4.78, 5) is 11.2. The molecule has 0 spiro atoms. The van der Waals surface area contributed by atoms with Gasteiger partial charge in [0, 0.05) is 18.7 Å². The molecule has 0 heterocycles. The van der Waals surface area contributed by atoms with E-state index in [0.717, 1.165) is 31.4 Å². The summed E-state index contributed by atoms with van der Waals surface area (Å²) in [5.41, 5.74) is -0.565. The molecule has 1 aliphatic rings. The Morgan fingerprint density at radius 3 is 2.50 bits per heavy atom. The fourth-order valence-corrected chi connectivity index (χ4v) is 2.46. The summed E-state index contributed by atoms with van der Waals surface area (Å²) in [5.74, 6) is 0. The highest BCUT2D eigenvalue weighted by Gasteiger charge is 2.38. The zero-order valence-electron chi connectivity index (χ0n) is 14.0. The molecule has 0 radical (unpaired) electrons. The standard InChI is InChI=1S/C18H24N4O2/c1-2-3-4-8-15-19-18(22(23)24)13-11-17(12-14-18)21-20-16-9-6-5-7-10-16/h5-7,9-14,17,19H,2-4,8,15H2,1H3/b21-20+. The Labute approximate surface area is 142 Å². The van der Waals surface area contributed by atoms with Crippen LogP contribution in [-0.4, -0.2) is 23.2 Å². The lowest BCUT2D eigenvalue weighted by Gasteiger charge is -2.23. The lowest BCUT2D eigenvalue weighted by Crippen LogP contribution is -2.50. The third-order valence-corrected chi connectivity index (χ3v) is 3.90. The summed E-state index contributed by atoms with van der Waals surface area (Å²) in [6.45, 7) is 2.76. The number of benzene rings is 1. The fourth-order valence-electron chi connectivity index (χ4n) is 2.46. The summed E-state index contributed by atoms with van der Waals surface area (Å²) in [6, 6.07) is 9.14. The Balaban J connectivity index is 1.93. The van der Waals surface area contributed by atoms with E-state index in [9.17, 15) is 10.1 Å². The molecule has 1 aromatic carbocycles. The van der Waals surface area contributed by atoms with Crippen molar-refractivity contribution in [2.45, 2.75) is 44.3 Å². The summed E-state index contributed by atoms with van der Waals surface area (Å²) in [5, 5.41) is 22.9. The smallest absolute Gasteiger partial charge is 0.262 e. The number of nitrogens with one attached hydrogen (secondary N) is 1. The summed E-state index contributed by atoms with van der Waals surface area (Å²) >= 11 is 0. The zero-order valence-corrected chi connectivity index (χ0v) is 14.0. The molecule has 128 valence electrons. The highest BCUT2D eigenvalue weighted by atomic mass is 16.6. The van der Waals surface area contributed by atoms with Crippen molar-refractivity contribution >= 4 is 5.69 Å². The molecule has 0 bridgehead atoms. The predicted molar refractivity (Wildman–Crippen MR) is 94.9 cm³/mol. The van der Waals surface area contributed by atoms with Crippen LogP contribution in [0.2, 0.25) is 0 Å². The van der Waals surface area contributed by atoms with Gasteiger partial charge < -0.3 is 0 Å². The van der Waals surface area contributed by atoms with E-state index in [4.69, 9.17) is 0 Å². The number of rotatable bonds is 9. The van der Waals surface area contributed by atoms with Gasteiger partial charge in [-0.25, -0.2) is 5.32 Å². The van der Waals surface area contributed by atoms with E-state index in [1.54, 1.807) is 24.3 Å². The van der Waals surface area contributed by atoms with E-state index in [0.29, 0.717) is 6.54 Å². The number of nitrogens with zero attached hydrogens (tertiary/aromatic N) is 3. The molecule has 2 rings (SSSR count). The molecule has 0 fully saturated rings. The fraction of sp³-hybridized carbons (Fsp3) is 0.444. The van der Waals surface area contributed by atoms with Crippen molar-refractivity contribution in [2.24, 2.45) is 10.2 Å². The predicted octanol–water partition coefficient (Wildman–Crippen LogP) is 4.41. The number of hydrogen-bond acceptors (Lipinski definition) is 5. The normalized spacial score (nSPS) is 23.0. The molecule has 0 aliphatic heterocycles. The zero-order chi connectivity index (χ0) is 17.3. The van der Waals surface area contributed by atoms with Gasteiger partial charge in [-0.3, -0.25) is 10.1 Å². The largest absolute Gasteiger partial charge is 0.313 e. The SMILES string of the molecule is CCCCCCNC1([N+](=O)[O-])C=CC(/N=N/c2ccccc2)C=C1. The van der Waals surface area contributed by atoms with Crippen molar-refractivity contribution < 1.29 is 4.92 Å². The molecule has 0 aromatic heterocycles. The Morgan fingerprint density at radius 2 is 1.88 bits per heavy atom. The second-order valence-electron chi connectivity index (χ2n) is 5.83. The molecular formula is C18H24N4O2. The molecule has 1 aromatic rings. The second-order valence-corrected chi connectivity index (χ2v) is 5.83. The third kappa shape index (κ3) is 5.09. The van der Waals surface area contributed by atoms with Gasteiger partial charge >= 0.3 is 5.66 Å². The van der Waals surface area contributed by atoms with Crippen LogP contribution in [0, 0.1) is 10.1 Å². The monoisotopic (exact) mass is 328 g/mol. The maximum absolute atomic E-state index is 11.5.